The van der Waals surface area contributed by atoms with Gasteiger partial charge in [-0.1, -0.05) is 25.7 Å². The average Bonchev–Trinajstić information content (AvgIpc) is 2.48. The van der Waals surface area contributed by atoms with E-state index in [-0.39, 0.29) is 17.9 Å². The highest BCUT2D eigenvalue weighted by atomic mass is 16.2. The maximum absolute atomic E-state index is 12.4. The molecule has 0 aromatic carbocycles. The maximum atomic E-state index is 12.4. The van der Waals surface area contributed by atoms with Gasteiger partial charge in [-0.2, -0.15) is 0 Å². The number of carbonyl (C=O) groups excluding carboxylic acids is 2. The molecule has 1 saturated carbocycles. The predicted octanol–water partition coefficient (Wildman–Crippen LogP) is 1.36. The van der Waals surface area contributed by atoms with Crippen molar-refractivity contribution in [2.24, 2.45) is 11.7 Å². The van der Waals surface area contributed by atoms with Crippen molar-refractivity contribution in [1.29, 1.82) is 0 Å². The molecule has 1 heterocycles. The molecule has 0 aromatic rings. The molecule has 0 spiro atoms. The minimum absolute atomic E-state index is 0.119. The monoisotopic (exact) mass is 295 g/mol. The molecule has 1 atom stereocenters. The number of hydrogen-bond donors (Lipinski definition) is 1. The van der Waals surface area contributed by atoms with E-state index in [0.717, 1.165) is 32.4 Å². The van der Waals surface area contributed by atoms with Gasteiger partial charge in [-0.25, -0.2) is 0 Å². The molecular weight excluding hydrogens is 266 g/mol. The first-order valence-electron chi connectivity index (χ1n) is 8.35. The third kappa shape index (κ3) is 4.70. The fourth-order valence-electron chi connectivity index (χ4n) is 3.66. The van der Waals surface area contributed by atoms with Gasteiger partial charge in [-0.3, -0.25) is 14.5 Å². The first-order valence-corrected chi connectivity index (χ1v) is 8.35. The van der Waals surface area contributed by atoms with Crippen LogP contribution in [0.1, 0.15) is 51.4 Å². The van der Waals surface area contributed by atoms with Gasteiger partial charge in [0.1, 0.15) is 0 Å². The Balaban J connectivity index is 1.82. The maximum Gasteiger partial charge on any atom is 0.236 e. The summed E-state index contributed by atoms with van der Waals surface area (Å²) in [5.41, 5.74) is 5.45. The van der Waals surface area contributed by atoms with E-state index >= 15 is 0 Å². The predicted molar refractivity (Wildman–Crippen MR) is 82.6 cm³/mol. The summed E-state index contributed by atoms with van der Waals surface area (Å²) in [4.78, 5) is 27.7. The van der Waals surface area contributed by atoms with Crippen LogP contribution >= 0.6 is 0 Å². The molecule has 5 heteroatoms. The zero-order valence-electron chi connectivity index (χ0n) is 13.2. The van der Waals surface area contributed by atoms with Crippen molar-refractivity contribution in [3.05, 3.63) is 0 Å². The van der Waals surface area contributed by atoms with Gasteiger partial charge >= 0.3 is 0 Å². The smallest absolute Gasteiger partial charge is 0.236 e. The zero-order valence-corrected chi connectivity index (χ0v) is 13.2. The van der Waals surface area contributed by atoms with Crippen molar-refractivity contribution in [2.75, 3.05) is 26.7 Å². The molecule has 1 aliphatic carbocycles. The van der Waals surface area contributed by atoms with Crippen molar-refractivity contribution in [3.8, 4) is 0 Å². The Morgan fingerprint density at radius 3 is 2.43 bits per heavy atom. The van der Waals surface area contributed by atoms with Crippen LogP contribution in [-0.4, -0.2) is 54.3 Å². The van der Waals surface area contributed by atoms with Crippen LogP contribution in [0, 0.1) is 5.92 Å². The Bertz CT molecular complexity index is 367. The van der Waals surface area contributed by atoms with Gasteiger partial charge in [-0.15, -0.1) is 0 Å². The van der Waals surface area contributed by atoms with Gasteiger partial charge in [0.25, 0.3) is 0 Å². The Kier molecular flexibility index (Phi) is 6.03. The first kappa shape index (κ1) is 16.3. The van der Waals surface area contributed by atoms with Crippen LogP contribution in [0.2, 0.25) is 0 Å². The number of piperidine rings is 1. The third-order valence-electron chi connectivity index (χ3n) is 4.96. The summed E-state index contributed by atoms with van der Waals surface area (Å²) in [5, 5.41) is 0. The normalized spacial score (nSPS) is 24.7. The summed E-state index contributed by atoms with van der Waals surface area (Å²) in [5.74, 6) is 0.479. The Morgan fingerprint density at radius 1 is 1.10 bits per heavy atom. The topological polar surface area (TPSA) is 66.6 Å². The van der Waals surface area contributed by atoms with E-state index in [0.29, 0.717) is 12.5 Å². The number of likely N-dealkylation sites (tertiary alicyclic amines) is 1. The lowest BCUT2D eigenvalue weighted by Crippen LogP contribution is -2.51. The molecule has 5 nitrogen and oxygen atoms in total. The van der Waals surface area contributed by atoms with Crippen molar-refractivity contribution in [3.63, 3.8) is 0 Å². The Hall–Kier alpha value is -1.10. The molecular formula is C16H29N3O2. The highest BCUT2D eigenvalue weighted by Gasteiger charge is 2.29. The molecule has 2 aliphatic rings. The fourth-order valence-corrected chi connectivity index (χ4v) is 3.66. The van der Waals surface area contributed by atoms with Crippen LogP contribution in [0.5, 0.6) is 0 Å². The molecule has 2 N–H and O–H groups in total. The van der Waals surface area contributed by atoms with Crippen molar-refractivity contribution < 1.29 is 9.59 Å². The number of nitrogens with zero attached hydrogens (tertiary/aromatic N) is 2. The number of hydrogen-bond acceptors (Lipinski definition) is 3. The second-order valence-electron chi connectivity index (χ2n) is 6.66. The summed E-state index contributed by atoms with van der Waals surface area (Å²) in [6, 6.07) is -0.259. The quantitative estimate of drug-likeness (QED) is 0.833. The summed E-state index contributed by atoms with van der Waals surface area (Å²) in [6.45, 7) is 1.99. The number of primary amides is 1. The van der Waals surface area contributed by atoms with E-state index < -0.39 is 0 Å². The molecule has 2 fully saturated rings. The number of likely N-dealkylation sites (N-methyl/N-ethyl adjacent to an activating group) is 1. The lowest BCUT2D eigenvalue weighted by Gasteiger charge is -2.34. The molecule has 0 aromatic heterocycles. The van der Waals surface area contributed by atoms with Crippen LogP contribution in [0.3, 0.4) is 0 Å². The molecule has 120 valence electrons. The van der Waals surface area contributed by atoms with E-state index in [4.69, 9.17) is 5.73 Å². The second-order valence-corrected chi connectivity index (χ2v) is 6.66. The standard InChI is InChI=1S/C16H29N3O2/c1-18(11-13-7-3-2-4-8-13)15(20)12-19-10-6-5-9-14(19)16(17)21/h13-14H,2-12H2,1H3,(H2,17,21). The lowest BCUT2D eigenvalue weighted by molar-refractivity contribution is -0.134. The zero-order chi connectivity index (χ0) is 15.2. The first-order chi connectivity index (χ1) is 10.1. The van der Waals surface area contributed by atoms with Crippen LogP contribution in [-0.2, 0) is 9.59 Å². The molecule has 1 aliphatic heterocycles. The molecule has 1 unspecified atom stereocenters. The van der Waals surface area contributed by atoms with E-state index in [1.54, 1.807) is 0 Å². The van der Waals surface area contributed by atoms with Crippen LogP contribution in [0.15, 0.2) is 0 Å². The highest BCUT2D eigenvalue weighted by molar-refractivity contribution is 5.82. The summed E-state index contributed by atoms with van der Waals surface area (Å²) in [6.07, 6.45) is 9.26. The van der Waals surface area contributed by atoms with Crippen molar-refractivity contribution in [1.82, 2.24) is 9.80 Å². The van der Waals surface area contributed by atoms with Gasteiger partial charge < -0.3 is 10.6 Å². The number of nitrogens with two attached hydrogens (primary N) is 1. The van der Waals surface area contributed by atoms with Gasteiger partial charge in [0.05, 0.1) is 12.6 Å². The lowest BCUT2D eigenvalue weighted by atomic mass is 9.89. The minimum atomic E-state index is -0.294. The SMILES string of the molecule is CN(CC1CCCCC1)C(=O)CN1CCCCC1C(N)=O. The average molecular weight is 295 g/mol. The summed E-state index contributed by atoms with van der Waals surface area (Å²) < 4.78 is 0. The molecule has 21 heavy (non-hydrogen) atoms. The Labute approximate surface area is 127 Å². The summed E-state index contributed by atoms with van der Waals surface area (Å²) >= 11 is 0. The van der Waals surface area contributed by atoms with Gasteiger partial charge in [-0.05, 0) is 38.1 Å². The molecule has 1 saturated heterocycles. The van der Waals surface area contributed by atoms with Crippen LogP contribution in [0.4, 0.5) is 0 Å². The van der Waals surface area contributed by atoms with E-state index in [2.05, 4.69) is 0 Å². The van der Waals surface area contributed by atoms with Crippen molar-refractivity contribution in [2.45, 2.75) is 57.4 Å². The van der Waals surface area contributed by atoms with E-state index in [9.17, 15) is 9.59 Å². The third-order valence-corrected chi connectivity index (χ3v) is 4.96. The van der Waals surface area contributed by atoms with E-state index in [1.807, 2.05) is 16.8 Å². The Morgan fingerprint density at radius 2 is 1.76 bits per heavy atom. The molecule has 0 radical (unpaired) electrons. The van der Waals surface area contributed by atoms with Crippen LogP contribution < -0.4 is 5.73 Å². The van der Waals surface area contributed by atoms with Crippen LogP contribution in [0.25, 0.3) is 0 Å². The molecule has 2 amide bonds. The van der Waals surface area contributed by atoms with Gasteiger partial charge in [0.2, 0.25) is 11.8 Å². The number of amides is 2. The van der Waals surface area contributed by atoms with Crippen molar-refractivity contribution >= 4 is 11.8 Å². The molecule has 2 rings (SSSR count). The van der Waals surface area contributed by atoms with E-state index in [1.165, 1.54) is 32.1 Å². The molecule has 0 bridgehead atoms. The largest absolute Gasteiger partial charge is 0.368 e. The minimum Gasteiger partial charge on any atom is -0.368 e. The fraction of sp³-hybridized carbons (Fsp3) is 0.875. The summed E-state index contributed by atoms with van der Waals surface area (Å²) in [7, 11) is 1.89. The van der Waals surface area contributed by atoms with Gasteiger partial charge in [0, 0.05) is 13.6 Å². The second kappa shape index (κ2) is 7.78. The number of carbonyl (C=O) groups is 2. The van der Waals surface area contributed by atoms with Gasteiger partial charge in [0.15, 0.2) is 0 Å². The number of rotatable bonds is 5. The highest BCUT2D eigenvalue weighted by Crippen LogP contribution is 2.24.